The van der Waals surface area contributed by atoms with Gasteiger partial charge in [-0.3, -0.25) is 4.79 Å². The van der Waals surface area contributed by atoms with Crippen LogP contribution in [0.2, 0.25) is 5.02 Å². The number of hydrogen-bond donors (Lipinski definition) is 2. The second-order valence-corrected chi connectivity index (χ2v) is 6.19. The van der Waals surface area contributed by atoms with Crippen molar-refractivity contribution >= 4 is 29.9 Å². The molecule has 0 atom stereocenters. The number of nitrogens with one attached hydrogen (secondary N) is 2. The van der Waals surface area contributed by atoms with Gasteiger partial charge in [0, 0.05) is 38.6 Å². The first-order valence-electron chi connectivity index (χ1n) is 7.81. The van der Waals surface area contributed by atoms with E-state index in [0.717, 1.165) is 39.1 Å². The van der Waals surface area contributed by atoms with Crippen LogP contribution in [0.4, 0.5) is 0 Å². The number of rotatable bonds is 6. The molecule has 1 saturated heterocycles. The molecule has 0 radical (unpaired) electrons. The molecule has 1 aromatic heterocycles. The first kappa shape index (κ1) is 20.1. The van der Waals surface area contributed by atoms with Gasteiger partial charge in [0.15, 0.2) is 0 Å². The standard InChI is InChI=1S/C15H24ClN5O.ClH/c1-11(2)14-19-10-12(16)13(20-14)15(22)18-4-3-7-21-8-5-17-6-9-21;/h10-11,17H,3-9H2,1-2H3,(H,18,22);1H. The Balaban J connectivity index is 0.00000264. The van der Waals surface area contributed by atoms with Crippen molar-refractivity contribution < 1.29 is 4.79 Å². The monoisotopic (exact) mass is 361 g/mol. The Kier molecular flexibility index (Phi) is 8.76. The van der Waals surface area contributed by atoms with Gasteiger partial charge in [-0.05, 0) is 13.0 Å². The van der Waals surface area contributed by atoms with Crippen molar-refractivity contribution in [3.63, 3.8) is 0 Å². The number of halogens is 2. The normalized spacial score (nSPS) is 15.3. The van der Waals surface area contributed by atoms with Crippen molar-refractivity contribution in [1.29, 1.82) is 0 Å². The largest absolute Gasteiger partial charge is 0.351 e. The summed E-state index contributed by atoms with van der Waals surface area (Å²) in [5.41, 5.74) is 0.266. The molecule has 2 heterocycles. The molecule has 0 unspecified atom stereocenters. The molecule has 0 spiro atoms. The van der Waals surface area contributed by atoms with Gasteiger partial charge < -0.3 is 15.5 Å². The second kappa shape index (κ2) is 10.0. The highest BCUT2D eigenvalue weighted by molar-refractivity contribution is 6.33. The van der Waals surface area contributed by atoms with Crippen LogP contribution in [0.15, 0.2) is 6.20 Å². The number of hydrogen-bond acceptors (Lipinski definition) is 5. The van der Waals surface area contributed by atoms with Gasteiger partial charge in [-0.2, -0.15) is 0 Å². The smallest absolute Gasteiger partial charge is 0.271 e. The maximum Gasteiger partial charge on any atom is 0.271 e. The van der Waals surface area contributed by atoms with E-state index in [1.807, 2.05) is 13.8 Å². The van der Waals surface area contributed by atoms with Crippen LogP contribution >= 0.6 is 24.0 Å². The van der Waals surface area contributed by atoms with Crippen molar-refractivity contribution in [3.8, 4) is 0 Å². The van der Waals surface area contributed by atoms with Gasteiger partial charge in [0.05, 0.1) is 11.2 Å². The molecule has 0 aliphatic carbocycles. The molecule has 0 saturated carbocycles. The number of aromatic nitrogens is 2. The Bertz CT molecular complexity index is 507. The van der Waals surface area contributed by atoms with Gasteiger partial charge in [0.25, 0.3) is 5.91 Å². The van der Waals surface area contributed by atoms with E-state index in [1.54, 1.807) is 0 Å². The number of nitrogens with zero attached hydrogens (tertiary/aromatic N) is 3. The Morgan fingerprint density at radius 2 is 2.13 bits per heavy atom. The number of carbonyl (C=O) groups excluding carboxylic acids is 1. The van der Waals surface area contributed by atoms with Gasteiger partial charge in [0.2, 0.25) is 0 Å². The van der Waals surface area contributed by atoms with E-state index < -0.39 is 0 Å². The summed E-state index contributed by atoms with van der Waals surface area (Å²) in [6.07, 6.45) is 2.42. The summed E-state index contributed by atoms with van der Waals surface area (Å²) in [7, 11) is 0. The average Bonchev–Trinajstić information content (AvgIpc) is 2.52. The lowest BCUT2D eigenvalue weighted by atomic mass is 10.2. The predicted molar refractivity (Wildman–Crippen MR) is 94.6 cm³/mol. The van der Waals surface area contributed by atoms with Crippen LogP contribution in [0.25, 0.3) is 0 Å². The summed E-state index contributed by atoms with van der Waals surface area (Å²) in [6.45, 7) is 9.82. The molecule has 1 aromatic rings. The minimum absolute atomic E-state index is 0. The summed E-state index contributed by atoms with van der Waals surface area (Å²) >= 11 is 6.03. The fourth-order valence-electron chi connectivity index (χ4n) is 2.34. The van der Waals surface area contributed by atoms with Gasteiger partial charge in [0.1, 0.15) is 11.5 Å². The molecule has 6 nitrogen and oxygen atoms in total. The minimum Gasteiger partial charge on any atom is -0.351 e. The van der Waals surface area contributed by atoms with Crippen LogP contribution in [0, 0.1) is 0 Å². The molecule has 130 valence electrons. The second-order valence-electron chi connectivity index (χ2n) is 5.78. The third-order valence-electron chi connectivity index (χ3n) is 3.64. The van der Waals surface area contributed by atoms with Gasteiger partial charge >= 0.3 is 0 Å². The quantitative estimate of drug-likeness (QED) is 0.754. The summed E-state index contributed by atoms with van der Waals surface area (Å²) in [5, 5.41) is 6.51. The topological polar surface area (TPSA) is 70.2 Å². The first-order chi connectivity index (χ1) is 10.6. The van der Waals surface area contributed by atoms with Gasteiger partial charge in [-0.15, -0.1) is 12.4 Å². The lowest BCUT2D eigenvalue weighted by Crippen LogP contribution is -2.44. The van der Waals surface area contributed by atoms with Crippen LogP contribution in [0.1, 0.15) is 42.5 Å². The molecular formula is C15H25Cl2N5O. The average molecular weight is 362 g/mol. The SMILES string of the molecule is CC(C)c1ncc(Cl)c(C(=O)NCCCN2CCNCC2)n1.Cl. The highest BCUT2D eigenvalue weighted by atomic mass is 35.5. The Morgan fingerprint density at radius 1 is 1.43 bits per heavy atom. The molecule has 2 rings (SSSR count). The van der Waals surface area contributed by atoms with Gasteiger partial charge in [-0.25, -0.2) is 9.97 Å². The van der Waals surface area contributed by atoms with E-state index in [4.69, 9.17) is 11.6 Å². The lowest BCUT2D eigenvalue weighted by Gasteiger charge is -2.27. The van der Waals surface area contributed by atoms with Crippen molar-refractivity contribution in [2.75, 3.05) is 39.3 Å². The van der Waals surface area contributed by atoms with E-state index in [1.165, 1.54) is 6.20 Å². The highest BCUT2D eigenvalue weighted by Crippen LogP contribution is 2.16. The molecule has 1 amide bonds. The third-order valence-corrected chi connectivity index (χ3v) is 3.92. The maximum absolute atomic E-state index is 12.2. The van der Waals surface area contributed by atoms with E-state index >= 15 is 0 Å². The zero-order valence-electron chi connectivity index (χ0n) is 13.6. The van der Waals surface area contributed by atoms with Crippen LogP contribution in [-0.2, 0) is 0 Å². The van der Waals surface area contributed by atoms with E-state index in [0.29, 0.717) is 17.4 Å². The molecule has 23 heavy (non-hydrogen) atoms. The molecule has 0 aromatic carbocycles. The Hall–Kier alpha value is -0.950. The number of piperazine rings is 1. The van der Waals surface area contributed by atoms with Gasteiger partial charge in [-0.1, -0.05) is 25.4 Å². The highest BCUT2D eigenvalue weighted by Gasteiger charge is 2.15. The van der Waals surface area contributed by atoms with E-state index in [-0.39, 0.29) is 29.9 Å². The number of amides is 1. The van der Waals surface area contributed by atoms with E-state index in [9.17, 15) is 4.79 Å². The van der Waals surface area contributed by atoms with Crippen LogP contribution in [0.3, 0.4) is 0 Å². The van der Waals surface area contributed by atoms with Crippen molar-refractivity contribution in [2.24, 2.45) is 0 Å². The molecule has 1 fully saturated rings. The van der Waals surface area contributed by atoms with Crippen molar-refractivity contribution in [1.82, 2.24) is 25.5 Å². The lowest BCUT2D eigenvalue weighted by molar-refractivity contribution is 0.0946. The van der Waals surface area contributed by atoms with Crippen LogP contribution < -0.4 is 10.6 Å². The first-order valence-corrected chi connectivity index (χ1v) is 8.19. The Morgan fingerprint density at radius 3 is 2.78 bits per heavy atom. The van der Waals surface area contributed by atoms with Crippen molar-refractivity contribution in [3.05, 3.63) is 22.7 Å². The zero-order valence-corrected chi connectivity index (χ0v) is 15.2. The molecule has 8 heteroatoms. The predicted octanol–water partition coefficient (Wildman–Crippen LogP) is 1.70. The minimum atomic E-state index is -0.227. The maximum atomic E-state index is 12.2. The molecule has 0 bridgehead atoms. The molecular weight excluding hydrogens is 337 g/mol. The molecule has 1 aliphatic rings. The van der Waals surface area contributed by atoms with Crippen LogP contribution in [0.5, 0.6) is 0 Å². The molecule has 2 N–H and O–H groups in total. The summed E-state index contributed by atoms with van der Waals surface area (Å²) in [4.78, 5) is 23.0. The summed E-state index contributed by atoms with van der Waals surface area (Å²) in [6, 6.07) is 0. The summed E-state index contributed by atoms with van der Waals surface area (Å²) in [5.74, 6) is 0.571. The van der Waals surface area contributed by atoms with Crippen LogP contribution in [-0.4, -0.2) is 60.0 Å². The Labute approximate surface area is 148 Å². The zero-order chi connectivity index (χ0) is 15.9. The number of carbonyl (C=O) groups is 1. The van der Waals surface area contributed by atoms with E-state index in [2.05, 4.69) is 25.5 Å². The third kappa shape index (κ3) is 6.22. The molecule has 1 aliphatic heterocycles. The van der Waals surface area contributed by atoms with Crippen molar-refractivity contribution in [2.45, 2.75) is 26.2 Å². The summed E-state index contributed by atoms with van der Waals surface area (Å²) < 4.78 is 0. The fraction of sp³-hybridized carbons (Fsp3) is 0.667. The fourth-order valence-corrected chi connectivity index (χ4v) is 2.52.